The van der Waals surface area contributed by atoms with E-state index >= 15 is 0 Å². The highest BCUT2D eigenvalue weighted by atomic mass is 35.5. The minimum atomic E-state index is -0.496. The van der Waals surface area contributed by atoms with E-state index in [9.17, 15) is 10.1 Å². The van der Waals surface area contributed by atoms with E-state index in [1.54, 1.807) is 11.3 Å². The van der Waals surface area contributed by atoms with Crippen LogP contribution < -0.4 is 5.32 Å². The first-order valence-electron chi connectivity index (χ1n) is 5.82. The van der Waals surface area contributed by atoms with Crippen LogP contribution in [0, 0.1) is 10.1 Å². The molecule has 0 bridgehead atoms. The van der Waals surface area contributed by atoms with Crippen LogP contribution in [0.4, 0.5) is 11.4 Å². The summed E-state index contributed by atoms with van der Waals surface area (Å²) in [5, 5.41) is 15.3. The van der Waals surface area contributed by atoms with Crippen molar-refractivity contribution in [2.75, 3.05) is 5.32 Å². The number of halogens is 2. The zero-order valence-corrected chi connectivity index (χ0v) is 12.8. The lowest BCUT2D eigenvalue weighted by molar-refractivity contribution is -0.383. The number of nitrogens with one attached hydrogen (secondary N) is 1. The van der Waals surface area contributed by atoms with Gasteiger partial charge in [-0.2, -0.15) is 0 Å². The normalized spacial score (nSPS) is 10.6. The van der Waals surface area contributed by atoms with E-state index in [1.165, 1.54) is 17.0 Å². The number of benzene rings is 1. The third-order valence-corrected chi connectivity index (χ3v) is 4.48. The molecule has 0 unspecified atom stereocenters. The Morgan fingerprint density at radius 3 is 2.70 bits per heavy atom. The molecule has 0 saturated heterocycles. The molecular weight excluding hydrogens is 321 g/mol. The van der Waals surface area contributed by atoms with Gasteiger partial charge in [0.25, 0.3) is 5.69 Å². The molecule has 0 saturated carbocycles. The van der Waals surface area contributed by atoms with E-state index in [-0.39, 0.29) is 15.7 Å². The van der Waals surface area contributed by atoms with E-state index in [4.69, 9.17) is 23.2 Å². The molecule has 20 heavy (non-hydrogen) atoms. The lowest BCUT2D eigenvalue weighted by Gasteiger charge is -2.07. The van der Waals surface area contributed by atoms with Gasteiger partial charge in [0, 0.05) is 17.1 Å². The van der Waals surface area contributed by atoms with Crippen LogP contribution in [0.2, 0.25) is 10.0 Å². The molecule has 8 heteroatoms. The molecule has 0 atom stereocenters. The lowest BCUT2D eigenvalue weighted by atomic mass is 10.2. The summed E-state index contributed by atoms with van der Waals surface area (Å²) in [4.78, 5) is 15.9. The van der Waals surface area contributed by atoms with Gasteiger partial charge in [-0.3, -0.25) is 10.1 Å². The molecule has 0 aliphatic carbocycles. The zero-order valence-electron chi connectivity index (χ0n) is 10.5. The number of nitro benzene ring substituents is 1. The third-order valence-electron chi connectivity index (χ3n) is 2.62. The third kappa shape index (κ3) is 3.39. The number of rotatable bonds is 5. The number of nitrogens with zero attached hydrogens (tertiary/aromatic N) is 2. The van der Waals surface area contributed by atoms with Gasteiger partial charge in [-0.05, 0) is 12.5 Å². The van der Waals surface area contributed by atoms with Crippen LogP contribution in [-0.2, 0) is 13.0 Å². The molecule has 2 aromatic rings. The first kappa shape index (κ1) is 15.0. The first-order valence-corrected chi connectivity index (χ1v) is 7.39. The summed E-state index contributed by atoms with van der Waals surface area (Å²) < 4.78 is 0. The SMILES string of the molecule is CCc1cnc(CNc2cc(Cl)c(Cl)cc2[N+](=O)[O-])s1. The summed E-state index contributed by atoms with van der Waals surface area (Å²) in [6.45, 7) is 2.46. The number of aromatic nitrogens is 1. The van der Waals surface area contributed by atoms with Crippen molar-refractivity contribution in [1.29, 1.82) is 0 Å². The van der Waals surface area contributed by atoms with E-state index in [0.717, 1.165) is 11.4 Å². The van der Waals surface area contributed by atoms with Crippen LogP contribution in [0.3, 0.4) is 0 Å². The maximum Gasteiger partial charge on any atom is 0.293 e. The maximum atomic E-state index is 11.0. The minimum Gasteiger partial charge on any atom is -0.373 e. The van der Waals surface area contributed by atoms with Crippen LogP contribution in [0.25, 0.3) is 0 Å². The highest BCUT2D eigenvalue weighted by Gasteiger charge is 2.17. The van der Waals surface area contributed by atoms with Crippen molar-refractivity contribution in [3.8, 4) is 0 Å². The monoisotopic (exact) mass is 331 g/mol. The average Bonchev–Trinajstić information content (AvgIpc) is 2.87. The molecule has 0 spiro atoms. The lowest BCUT2D eigenvalue weighted by Crippen LogP contribution is -2.02. The Morgan fingerprint density at radius 2 is 2.10 bits per heavy atom. The number of hydrogen-bond donors (Lipinski definition) is 1. The first-order chi connectivity index (χ1) is 9.51. The van der Waals surface area contributed by atoms with Crippen molar-refractivity contribution in [3.63, 3.8) is 0 Å². The molecular formula is C12H11Cl2N3O2S. The second-order valence-corrected chi connectivity index (χ2v) is 5.98. The highest BCUT2D eigenvalue weighted by molar-refractivity contribution is 7.11. The smallest absolute Gasteiger partial charge is 0.293 e. The standard InChI is InChI=1S/C12H11Cl2N3O2S/c1-2-7-5-16-12(20-7)6-15-10-3-8(13)9(14)4-11(10)17(18)19/h3-5,15H,2,6H2,1H3. The molecule has 1 N–H and O–H groups in total. The van der Waals surface area contributed by atoms with Gasteiger partial charge in [0.05, 0.1) is 21.5 Å². The van der Waals surface area contributed by atoms with Gasteiger partial charge in [0.1, 0.15) is 10.7 Å². The molecule has 1 heterocycles. The molecule has 2 rings (SSSR count). The largest absolute Gasteiger partial charge is 0.373 e. The fourth-order valence-electron chi connectivity index (χ4n) is 1.59. The van der Waals surface area contributed by atoms with Gasteiger partial charge >= 0.3 is 0 Å². The zero-order chi connectivity index (χ0) is 14.7. The fraction of sp³-hybridized carbons (Fsp3) is 0.250. The summed E-state index contributed by atoms with van der Waals surface area (Å²) in [6.07, 6.45) is 2.73. The van der Waals surface area contributed by atoms with Gasteiger partial charge in [-0.1, -0.05) is 30.1 Å². The van der Waals surface area contributed by atoms with E-state index < -0.39 is 4.92 Å². The number of hydrogen-bond acceptors (Lipinski definition) is 5. The Kier molecular flexibility index (Phi) is 4.80. The van der Waals surface area contributed by atoms with Crippen LogP contribution in [0.1, 0.15) is 16.8 Å². The molecule has 106 valence electrons. The predicted octanol–water partition coefficient (Wildman–Crippen LogP) is 4.53. The second kappa shape index (κ2) is 6.39. The van der Waals surface area contributed by atoms with Crippen molar-refractivity contribution in [2.45, 2.75) is 19.9 Å². The van der Waals surface area contributed by atoms with Gasteiger partial charge in [0.2, 0.25) is 0 Å². The van der Waals surface area contributed by atoms with Crippen LogP contribution >= 0.6 is 34.5 Å². The van der Waals surface area contributed by atoms with Crippen molar-refractivity contribution in [1.82, 2.24) is 4.98 Å². The van der Waals surface area contributed by atoms with Crippen LogP contribution in [0.5, 0.6) is 0 Å². The Morgan fingerprint density at radius 1 is 1.40 bits per heavy atom. The van der Waals surface area contributed by atoms with Gasteiger partial charge in [-0.25, -0.2) is 4.98 Å². The fourth-order valence-corrected chi connectivity index (χ4v) is 2.72. The molecule has 0 aliphatic heterocycles. The number of anilines is 1. The minimum absolute atomic E-state index is 0.105. The van der Waals surface area contributed by atoms with Gasteiger partial charge < -0.3 is 5.32 Å². The summed E-state index contributed by atoms with van der Waals surface area (Å²) >= 11 is 13.3. The molecule has 1 aromatic heterocycles. The average molecular weight is 332 g/mol. The van der Waals surface area contributed by atoms with E-state index in [2.05, 4.69) is 17.2 Å². The van der Waals surface area contributed by atoms with Crippen molar-refractivity contribution >= 4 is 45.9 Å². The van der Waals surface area contributed by atoms with E-state index in [0.29, 0.717) is 12.2 Å². The Balaban J connectivity index is 2.20. The maximum absolute atomic E-state index is 11.0. The van der Waals surface area contributed by atoms with Gasteiger partial charge in [-0.15, -0.1) is 11.3 Å². The number of thiazole rings is 1. The molecule has 0 fully saturated rings. The molecule has 0 aliphatic rings. The number of nitro groups is 1. The summed E-state index contributed by atoms with van der Waals surface area (Å²) in [5.74, 6) is 0. The number of aryl methyl sites for hydroxylation is 1. The summed E-state index contributed by atoms with van der Waals surface area (Å²) in [6, 6.07) is 2.70. The quantitative estimate of drug-likeness (QED) is 0.645. The summed E-state index contributed by atoms with van der Waals surface area (Å²) in [7, 11) is 0. The Labute approximate surface area is 129 Å². The van der Waals surface area contributed by atoms with Crippen molar-refractivity contribution < 1.29 is 4.92 Å². The molecule has 5 nitrogen and oxygen atoms in total. The molecule has 0 amide bonds. The van der Waals surface area contributed by atoms with Crippen LogP contribution in [-0.4, -0.2) is 9.91 Å². The topological polar surface area (TPSA) is 68.1 Å². The predicted molar refractivity (Wildman–Crippen MR) is 81.9 cm³/mol. The Bertz CT molecular complexity index is 646. The Hall–Kier alpha value is -1.37. The second-order valence-electron chi connectivity index (χ2n) is 3.97. The molecule has 0 radical (unpaired) electrons. The van der Waals surface area contributed by atoms with E-state index in [1.807, 2.05) is 6.20 Å². The van der Waals surface area contributed by atoms with Crippen molar-refractivity contribution in [2.24, 2.45) is 0 Å². The highest BCUT2D eigenvalue weighted by Crippen LogP contribution is 2.34. The van der Waals surface area contributed by atoms with Crippen LogP contribution in [0.15, 0.2) is 18.3 Å². The van der Waals surface area contributed by atoms with Gasteiger partial charge in [0.15, 0.2) is 0 Å². The summed E-state index contributed by atoms with van der Waals surface area (Å²) in [5.41, 5.74) is 0.226. The van der Waals surface area contributed by atoms with Crippen molar-refractivity contribution in [3.05, 3.63) is 48.4 Å². The molecule has 1 aromatic carbocycles.